The highest BCUT2D eigenvalue weighted by molar-refractivity contribution is 8.01. The number of fused-ring (bicyclic) bond motifs is 1. The predicted molar refractivity (Wildman–Crippen MR) is 197 cm³/mol. The van der Waals surface area contributed by atoms with Crippen molar-refractivity contribution < 1.29 is 23.9 Å². The Hall–Kier alpha value is -3.93. The number of amides is 5. The van der Waals surface area contributed by atoms with Gasteiger partial charge in [0.1, 0.15) is 11.0 Å². The molecule has 0 radical (unpaired) electrons. The third-order valence-corrected chi connectivity index (χ3v) is 11.4. The van der Waals surface area contributed by atoms with Crippen molar-refractivity contribution in [2.24, 2.45) is 5.92 Å². The molecule has 12 heteroatoms. The SMILES string of the molecule is CC(C)CN1C(=O)[C@H](CC(=O)N2CCC(N3CCc4ccccc4NC3=O)CC2)SC1c1ccccc1N1CCN(C(=O)OC(C)(C)C)CC1. The van der Waals surface area contributed by atoms with E-state index in [4.69, 9.17) is 4.74 Å². The van der Waals surface area contributed by atoms with Gasteiger partial charge in [0.2, 0.25) is 11.8 Å². The van der Waals surface area contributed by atoms with Crippen LogP contribution in [0.4, 0.5) is 21.0 Å². The first-order chi connectivity index (χ1) is 23.9. The van der Waals surface area contributed by atoms with Gasteiger partial charge in [-0.1, -0.05) is 50.2 Å². The summed E-state index contributed by atoms with van der Waals surface area (Å²) >= 11 is 1.58. The number of nitrogens with zero attached hydrogens (tertiary/aromatic N) is 5. The second kappa shape index (κ2) is 15.1. The van der Waals surface area contributed by atoms with E-state index in [0.29, 0.717) is 52.4 Å². The molecule has 4 aliphatic rings. The lowest BCUT2D eigenvalue weighted by Gasteiger charge is -2.38. The fourth-order valence-corrected chi connectivity index (χ4v) is 8.92. The van der Waals surface area contributed by atoms with Crippen LogP contribution >= 0.6 is 11.8 Å². The average Bonchev–Trinajstić information content (AvgIpc) is 3.26. The Morgan fingerprint density at radius 3 is 2.28 bits per heavy atom. The maximum Gasteiger partial charge on any atom is 0.410 e. The Balaban J connectivity index is 1.08. The molecule has 3 fully saturated rings. The number of urea groups is 1. The number of anilines is 2. The van der Waals surface area contributed by atoms with Crippen molar-refractivity contribution >= 4 is 47.1 Å². The molecule has 0 spiro atoms. The van der Waals surface area contributed by atoms with Crippen molar-refractivity contribution in [2.75, 3.05) is 62.6 Å². The van der Waals surface area contributed by atoms with E-state index in [9.17, 15) is 19.2 Å². The molecule has 50 heavy (non-hydrogen) atoms. The molecular weight excluding hydrogens is 653 g/mol. The molecule has 2 atom stereocenters. The molecule has 5 amide bonds. The van der Waals surface area contributed by atoms with E-state index in [1.54, 1.807) is 16.7 Å². The summed E-state index contributed by atoms with van der Waals surface area (Å²) in [5.74, 6) is 0.282. The molecule has 4 aliphatic heterocycles. The zero-order valence-corrected chi connectivity index (χ0v) is 30.9. The van der Waals surface area contributed by atoms with Crippen LogP contribution in [-0.2, 0) is 20.7 Å². The van der Waals surface area contributed by atoms with Crippen LogP contribution in [0.25, 0.3) is 0 Å². The molecule has 11 nitrogen and oxygen atoms in total. The monoisotopic (exact) mass is 704 g/mol. The van der Waals surface area contributed by atoms with Crippen LogP contribution in [0.1, 0.15) is 70.4 Å². The molecule has 3 saturated heterocycles. The van der Waals surface area contributed by atoms with Crippen LogP contribution in [0.3, 0.4) is 0 Å². The van der Waals surface area contributed by atoms with E-state index in [2.05, 4.69) is 42.3 Å². The number of hydrogen-bond donors (Lipinski definition) is 1. The van der Waals surface area contributed by atoms with E-state index in [1.165, 1.54) is 0 Å². The molecule has 4 heterocycles. The molecule has 2 aromatic rings. The Kier molecular flexibility index (Phi) is 10.9. The summed E-state index contributed by atoms with van der Waals surface area (Å²) in [7, 11) is 0. The van der Waals surface area contributed by atoms with Crippen LogP contribution < -0.4 is 10.2 Å². The average molecular weight is 705 g/mol. The molecule has 6 rings (SSSR count). The minimum atomic E-state index is -0.542. The number of thioether (sulfide) groups is 1. The normalized spacial score (nSPS) is 22.1. The Labute approximate surface area is 300 Å². The number of piperazine rings is 1. The van der Waals surface area contributed by atoms with Gasteiger partial charge in [-0.25, -0.2) is 9.59 Å². The van der Waals surface area contributed by atoms with Crippen molar-refractivity contribution in [3.05, 3.63) is 59.7 Å². The molecule has 0 saturated carbocycles. The maximum atomic E-state index is 14.0. The summed E-state index contributed by atoms with van der Waals surface area (Å²) in [6, 6.07) is 16.2. The van der Waals surface area contributed by atoms with Crippen LogP contribution in [0.15, 0.2) is 48.5 Å². The summed E-state index contributed by atoms with van der Waals surface area (Å²) < 4.78 is 5.60. The first-order valence-electron chi connectivity index (χ1n) is 18.1. The summed E-state index contributed by atoms with van der Waals surface area (Å²) in [4.78, 5) is 63.3. The van der Waals surface area contributed by atoms with Gasteiger partial charge in [-0.2, -0.15) is 0 Å². The number of para-hydroxylation sites is 2. The van der Waals surface area contributed by atoms with Crippen LogP contribution in [0, 0.1) is 5.92 Å². The standard InChI is InChI=1S/C38H52N6O5S/c1-26(2)25-44-34(46)32(24-33(45)41-17-15-28(16-18-41)43-19-14-27-10-6-8-12-30(27)39-36(43)47)50-35(44)29-11-7-9-13-31(29)40-20-22-42(23-21-40)37(48)49-38(3,4)5/h6-13,26,28,32,35H,14-25H2,1-5H3,(H,39,47)/t32-,35?/m0/s1. The Bertz CT molecular complexity index is 1560. The fourth-order valence-electron chi connectivity index (χ4n) is 7.44. The summed E-state index contributed by atoms with van der Waals surface area (Å²) in [6.45, 7) is 14.7. The van der Waals surface area contributed by atoms with Gasteiger partial charge in [-0.05, 0) is 63.6 Å². The number of likely N-dealkylation sites (tertiary alicyclic amines) is 1. The third kappa shape index (κ3) is 8.16. The van der Waals surface area contributed by atoms with Crippen molar-refractivity contribution in [3.8, 4) is 0 Å². The largest absolute Gasteiger partial charge is 0.444 e. The zero-order chi connectivity index (χ0) is 35.6. The molecule has 0 aromatic heterocycles. The minimum Gasteiger partial charge on any atom is -0.444 e. The van der Waals surface area contributed by atoms with Crippen LogP contribution in [-0.4, -0.2) is 113 Å². The topological polar surface area (TPSA) is 106 Å². The number of rotatable bonds is 7. The Morgan fingerprint density at radius 2 is 1.58 bits per heavy atom. The molecule has 0 aliphatic carbocycles. The maximum absolute atomic E-state index is 14.0. The van der Waals surface area contributed by atoms with E-state index in [-0.39, 0.29) is 47.7 Å². The number of carbonyl (C=O) groups is 4. The Morgan fingerprint density at radius 1 is 0.900 bits per heavy atom. The first kappa shape index (κ1) is 35.9. The molecular formula is C38H52N6O5S. The summed E-state index contributed by atoms with van der Waals surface area (Å²) in [5, 5.41) is 2.40. The quantitative estimate of drug-likeness (QED) is 0.388. The highest BCUT2D eigenvalue weighted by Crippen LogP contribution is 2.47. The number of nitrogens with one attached hydrogen (secondary N) is 1. The predicted octanol–water partition coefficient (Wildman–Crippen LogP) is 5.81. The van der Waals surface area contributed by atoms with E-state index >= 15 is 0 Å². The van der Waals surface area contributed by atoms with Gasteiger partial charge in [0.25, 0.3) is 0 Å². The minimum absolute atomic E-state index is 0.00119. The fraction of sp³-hybridized carbons (Fsp3) is 0.579. The number of hydrogen-bond acceptors (Lipinski definition) is 7. The number of ether oxygens (including phenoxy) is 1. The molecule has 2 aromatic carbocycles. The smallest absolute Gasteiger partial charge is 0.410 e. The van der Waals surface area contributed by atoms with Crippen molar-refractivity contribution in [1.29, 1.82) is 0 Å². The van der Waals surface area contributed by atoms with Crippen molar-refractivity contribution in [2.45, 2.75) is 82.6 Å². The van der Waals surface area contributed by atoms with Crippen molar-refractivity contribution in [1.82, 2.24) is 19.6 Å². The van der Waals surface area contributed by atoms with E-state index in [0.717, 1.165) is 41.8 Å². The first-order valence-corrected chi connectivity index (χ1v) is 19.0. The second-order valence-corrected chi connectivity index (χ2v) is 16.5. The second-order valence-electron chi connectivity index (χ2n) is 15.2. The van der Waals surface area contributed by atoms with E-state index < -0.39 is 10.9 Å². The van der Waals surface area contributed by atoms with Crippen LogP contribution in [0.5, 0.6) is 0 Å². The molecule has 0 bridgehead atoms. The third-order valence-electron chi connectivity index (χ3n) is 9.93. The number of piperidine rings is 1. The highest BCUT2D eigenvalue weighted by Gasteiger charge is 2.44. The van der Waals surface area contributed by atoms with Crippen LogP contribution in [0.2, 0.25) is 0 Å². The lowest BCUT2D eigenvalue weighted by Crippen LogP contribution is -2.50. The van der Waals surface area contributed by atoms with Gasteiger partial charge < -0.3 is 34.6 Å². The van der Waals surface area contributed by atoms with Gasteiger partial charge in [-0.3, -0.25) is 9.59 Å². The van der Waals surface area contributed by atoms with Gasteiger partial charge in [0.15, 0.2) is 0 Å². The van der Waals surface area contributed by atoms with E-state index in [1.807, 2.05) is 65.8 Å². The number of benzene rings is 2. The van der Waals surface area contributed by atoms with Gasteiger partial charge >= 0.3 is 12.1 Å². The van der Waals surface area contributed by atoms with Gasteiger partial charge in [0.05, 0.1) is 5.25 Å². The zero-order valence-electron chi connectivity index (χ0n) is 30.1. The summed E-state index contributed by atoms with van der Waals surface area (Å²) in [6.07, 6.45) is 2.11. The number of carbonyl (C=O) groups excluding carboxylic acids is 4. The van der Waals surface area contributed by atoms with Gasteiger partial charge in [-0.15, -0.1) is 11.8 Å². The molecule has 270 valence electrons. The molecule has 1 N–H and O–H groups in total. The van der Waals surface area contributed by atoms with Gasteiger partial charge in [0, 0.05) is 81.8 Å². The highest BCUT2D eigenvalue weighted by atomic mass is 32.2. The molecule has 1 unspecified atom stereocenters. The lowest BCUT2D eigenvalue weighted by molar-refractivity contribution is -0.137. The lowest BCUT2D eigenvalue weighted by atomic mass is 10.0. The summed E-state index contributed by atoms with van der Waals surface area (Å²) in [5.41, 5.74) is 3.60. The van der Waals surface area contributed by atoms with Crippen molar-refractivity contribution in [3.63, 3.8) is 0 Å².